The molecular weight excluding hydrogens is 362 g/mol. The molecule has 0 aliphatic rings. The van der Waals surface area contributed by atoms with Gasteiger partial charge in [-0.05, 0) is 25.0 Å². The molecule has 152 valence electrons. The molecule has 0 unspecified atom stereocenters. The second kappa shape index (κ2) is 13.3. The zero-order valence-corrected chi connectivity index (χ0v) is 16.1. The molecule has 3 N–H and O–H groups in total. The van der Waals surface area contributed by atoms with Gasteiger partial charge in [0.25, 0.3) is 0 Å². The van der Waals surface area contributed by atoms with Gasteiger partial charge in [-0.25, -0.2) is 9.59 Å². The van der Waals surface area contributed by atoms with Crippen LogP contribution in [-0.2, 0) is 27.5 Å². The number of aliphatic hydroxyl groups is 1. The Bertz CT molecular complexity index is 651. The van der Waals surface area contributed by atoms with Crippen molar-refractivity contribution in [1.29, 1.82) is 0 Å². The fourth-order valence-corrected chi connectivity index (χ4v) is 2.12. The number of aliphatic carboxylic acids is 1. The molecule has 2 aromatic carbocycles. The van der Waals surface area contributed by atoms with Gasteiger partial charge in [0.1, 0.15) is 0 Å². The Kier molecular flexibility index (Phi) is 11.0. The maximum Gasteiger partial charge on any atom is 0.407 e. The van der Waals surface area contributed by atoms with Crippen LogP contribution in [0.1, 0.15) is 25.0 Å². The number of alkyl carbamates (subject to hydrolysis) is 1. The highest BCUT2D eigenvalue weighted by molar-refractivity contribution is 5.80. The van der Waals surface area contributed by atoms with Crippen LogP contribution in [0.2, 0.25) is 0 Å². The summed E-state index contributed by atoms with van der Waals surface area (Å²) in [5.41, 5.74) is 2.43. The Morgan fingerprint density at radius 1 is 0.964 bits per heavy atom. The summed E-state index contributed by atoms with van der Waals surface area (Å²) in [6.07, 6.45) is -2.02. The van der Waals surface area contributed by atoms with Crippen LogP contribution < -0.4 is 5.32 Å². The fourth-order valence-electron chi connectivity index (χ4n) is 2.12. The molecule has 0 fully saturated rings. The Balaban J connectivity index is 0.000000284. The van der Waals surface area contributed by atoms with E-state index in [9.17, 15) is 9.59 Å². The van der Waals surface area contributed by atoms with E-state index in [0.29, 0.717) is 13.2 Å². The largest absolute Gasteiger partial charge is 0.480 e. The van der Waals surface area contributed by atoms with E-state index in [0.717, 1.165) is 0 Å². The molecule has 28 heavy (non-hydrogen) atoms. The highest BCUT2D eigenvalue weighted by Gasteiger charge is 2.25. The first-order chi connectivity index (χ1) is 13.4. The van der Waals surface area contributed by atoms with E-state index < -0.39 is 24.2 Å². The van der Waals surface area contributed by atoms with Gasteiger partial charge in [0, 0.05) is 0 Å². The second-order valence-corrected chi connectivity index (χ2v) is 5.89. The van der Waals surface area contributed by atoms with Crippen LogP contribution in [0.25, 0.3) is 0 Å². The van der Waals surface area contributed by atoms with Crippen LogP contribution in [0.5, 0.6) is 0 Å². The third-order valence-corrected chi connectivity index (χ3v) is 3.52. The summed E-state index contributed by atoms with van der Waals surface area (Å²) in [6, 6.07) is 19.1. The molecule has 7 nitrogen and oxygen atoms in total. The summed E-state index contributed by atoms with van der Waals surface area (Å²) in [7, 11) is 0. The molecule has 2 aromatic rings. The molecule has 0 heterocycles. The van der Waals surface area contributed by atoms with E-state index >= 15 is 0 Å². The minimum Gasteiger partial charge on any atom is -0.480 e. The SMILES string of the molecule is CCOC(=O)N[C@H](C(=O)O)[C@@H](C)O.c1ccc(COCc2ccccc2)cc1. The molecule has 0 aliphatic heterocycles. The van der Waals surface area contributed by atoms with E-state index in [2.05, 4.69) is 29.0 Å². The van der Waals surface area contributed by atoms with Crippen molar-refractivity contribution in [3.8, 4) is 0 Å². The third-order valence-electron chi connectivity index (χ3n) is 3.52. The summed E-state index contributed by atoms with van der Waals surface area (Å²) in [5, 5.41) is 19.5. The number of carboxylic acids is 1. The first kappa shape index (κ1) is 23.1. The summed E-state index contributed by atoms with van der Waals surface area (Å²) in [6.45, 7) is 4.37. The summed E-state index contributed by atoms with van der Waals surface area (Å²) in [5.74, 6) is -1.30. The zero-order chi connectivity index (χ0) is 20.8. The van der Waals surface area contributed by atoms with Crippen LogP contribution >= 0.6 is 0 Å². The number of aliphatic hydroxyl groups excluding tert-OH is 1. The molecule has 2 atom stereocenters. The molecule has 0 aromatic heterocycles. The molecule has 1 amide bonds. The lowest BCUT2D eigenvalue weighted by Crippen LogP contribution is -2.47. The average molecular weight is 389 g/mol. The monoisotopic (exact) mass is 389 g/mol. The van der Waals surface area contributed by atoms with Crippen molar-refractivity contribution in [3.05, 3.63) is 71.8 Å². The van der Waals surface area contributed by atoms with Crippen molar-refractivity contribution < 1.29 is 29.3 Å². The highest BCUT2D eigenvalue weighted by Crippen LogP contribution is 2.05. The number of rotatable bonds is 8. The molecule has 0 saturated heterocycles. The first-order valence-corrected chi connectivity index (χ1v) is 8.93. The summed E-state index contributed by atoms with van der Waals surface area (Å²) >= 11 is 0. The number of hydrogen-bond donors (Lipinski definition) is 3. The van der Waals surface area contributed by atoms with Crippen molar-refractivity contribution in [1.82, 2.24) is 5.32 Å². The summed E-state index contributed by atoms with van der Waals surface area (Å²) < 4.78 is 10.1. The second-order valence-electron chi connectivity index (χ2n) is 5.89. The number of nitrogens with one attached hydrogen (secondary N) is 1. The Labute approximate surface area is 164 Å². The third kappa shape index (κ3) is 9.70. The van der Waals surface area contributed by atoms with Crippen molar-refractivity contribution >= 4 is 12.1 Å². The van der Waals surface area contributed by atoms with Crippen LogP contribution in [0.15, 0.2) is 60.7 Å². The number of carbonyl (C=O) groups is 2. The lowest BCUT2D eigenvalue weighted by molar-refractivity contribution is -0.142. The smallest absolute Gasteiger partial charge is 0.407 e. The molecule has 0 bridgehead atoms. The number of amides is 1. The minimum atomic E-state index is -1.33. The number of ether oxygens (including phenoxy) is 2. The number of hydrogen-bond acceptors (Lipinski definition) is 5. The van der Waals surface area contributed by atoms with Gasteiger partial charge in [-0.15, -0.1) is 0 Å². The molecule has 0 radical (unpaired) electrons. The first-order valence-electron chi connectivity index (χ1n) is 8.93. The van der Waals surface area contributed by atoms with Gasteiger partial charge in [0.05, 0.1) is 25.9 Å². The van der Waals surface area contributed by atoms with E-state index in [-0.39, 0.29) is 6.61 Å². The van der Waals surface area contributed by atoms with E-state index in [1.165, 1.54) is 18.1 Å². The Morgan fingerprint density at radius 3 is 1.79 bits per heavy atom. The Hall–Kier alpha value is -2.90. The van der Waals surface area contributed by atoms with Crippen LogP contribution in [0.4, 0.5) is 4.79 Å². The van der Waals surface area contributed by atoms with Gasteiger partial charge in [-0.1, -0.05) is 60.7 Å². The van der Waals surface area contributed by atoms with Crippen molar-refractivity contribution in [2.24, 2.45) is 0 Å². The van der Waals surface area contributed by atoms with Crippen LogP contribution in [0, 0.1) is 0 Å². The minimum absolute atomic E-state index is 0.151. The lowest BCUT2D eigenvalue weighted by Gasteiger charge is -2.16. The lowest BCUT2D eigenvalue weighted by atomic mass is 10.2. The molecule has 0 saturated carbocycles. The van der Waals surface area contributed by atoms with Crippen LogP contribution in [-0.4, -0.2) is 41.0 Å². The van der Waals surface area contributed by atoms with Gasteiger partial charge >= 0.3 is 12.1 Å². The normalized spacial score (nSPS) is 12.1. The Morgan fingerprint density at radius 2 is 1.43 bits per heavy atom. The van der Waals surface area contributed by atoms with Gasteiger partial charge in [-0.3, -0.25) is 0 Å². The van der Waals surface area contributed by atoms with Gasteiger partial charge in [-0.2, -0.15) is 0 Å². The predicted molar refractivity (Wildman–Crippen MR) is 105 cm³/mol. The zero-order valence-electron chi connectivity index (χ0n) is 16.1. The van der Waals surface area contributed by atoms with Crippen molar-refractivity contribution in [2.45, 2.75) is 39.2 Å². The topological polar surface area (TPSA) is 105 Å². The molecule has 0 spiro atoms. The van der Waals surface area contributed by atoms with Crippen molar-refractivity contribution in [2.75, 3.05) is 6.61 Å². The number of carbonyl (C=O) groups excluding carboxylic acids is 1. The van der Waals surface area contributed by atoms with Gasteiger partial charge in [0.15, 0.2) is 6.04 Å². The highest BCUT2D eigenvalue weighted by atomic mass is 16.5. The molecule has 7 heteroatoms. The molecule has 2 rings (SSSR count). The summed E-state index contributed by atoms with van der Waals surface area (Å²) in [4.78, 5) is 21.2. The van der Waals surface area contributed by atoms with Gasteiger partial charge < -0.3 is 25.0 Å². The predicted octanol–water partition coefficient (Wildman–Crippen LogP) is 2.97. The quantitative estimate of drug-likeness (QED) is 0.641. The maximum absolute atomic E-state index is 10.8. The molecular formula is C21H27NO6. The van der Waals surface area contributed by atoms with E-state index in [1.807, 2.05) is 41.7 Å². The van der Waals surface area contributed by atoms with E-state index in [1.54, 1.807) is 6.92 Å². The van der Waals surface area contributed by atoms with E-state index in [4.69, 9.17) is 14.9 Å². The van der Waals surface area contributed by atoms with Crippen molar-refractivity contribution in [3.63, 3.8) is 0 Å². The molecule has 0 aliphatic carbocycles. The van der Waals surface area contributed by atoms with Crippen LogP contribution in [0.3, 0.4) is 0 Å². The standard InChI is InChI=1S/C14H14O.C7H13NO5/c1-3-7-13(8-4-1)11-15-12-14-9-5-2-6-10-14;1-3-13-7(12)8-5(4(2)9)6(10)11/h1-10H,11-12H2;4-5,9H,3H2,1-2H3,(H,8,12)(H,10,11)/t;4-,5+/m.1/s1. The number of benzene rings is 2. The number of carboxylic acid groups (broad SMARTS) is 1. The van der Waals surface area contributed by atoms with Gasteiger partial charge in [0.2, 0.25) is 0 Å². The average Bonchev–Trinajstić information content (AvgIpc) is 2.68. The fraction of sp³-hybridized carbons (Fsp3) is 0.333. The maximum atomic E-state index is 10.8.